The van der Waals surface area contributed by atoms with Crippen molar-refractivity contribution in [3.63, 3.8) is 0 Å². The van der Waals surface area contributed by atoms with E-state index in [0.29, 0.717) is 5.82 Å². The van der Waals surface area contributed by atoms with E-state index in [2.05, 4.69) is 20.4 Å². The number of aryl methyl sites for hydroxylation is 1. The van der Waals surface area contributed by atoms with Gasteiger partial charge in [-0.2, -0.15) is 4.98 Å². The Labute approximate surface area is 79.5 Å². The molecule has 0 aliphatic carbocycles. The SMILES string of the molecule is Cc1cc2nc(N)nc3c2n1NC=N3. The fourth-order valence-electron chi connectivity index (χ4n) is 1.64. The molecule has 6 nitrogen and oxygen atoms in total. The Bertz CT molecular complexity index is 552. The number of nitrogens with zero attached hydrogens (tertiary/aromatic N) is 4. The second-order valence-electron chi connectivity index (χ2n) is 3.15. The summed E-state index contributed by atoms with van der Waals surface area (Å²) >= 11 is 0. The molecule has 0 fully saturated rings. The number of nitrogens with one attached hydrogen (secondary N) is 1. The zero-order valence-corrected chi connectivity index (χ0v) is 7.52. The average Bonchev–Trinajstić information content (AvgIpc) is 2.45. The van der Waals surface area contributed by atoms with Crippen molar-refractivity contribution < 1.29 is 0 Å². The van der Waals surface area contributed by atoms with Crippen LogP contribution in [0, 0.1) is 6.92 Å². The molecule has 0 aromatic carbocycles. The van der Waals surface area contributed by atoms with Crippen LogP contribution in [0.1, 0.15) is 5.69 Å². The van der Waals surface area contributed by atoms with E-state index in [-0.39, 0.29) is 5.95 Å². The van der Waals surface area contributed by atoms with Gasteiger partial charge in [0.1, 0.15) is 11.9 Å². The first kappa shape index (κ1) is 7.31. The van der Waals surface area contributed by atoms with Gasteiger partial charge in [-0.05, 0) is 13.0 Å². The minimum Gasteiger partial charge on any atom is -0.368 e. The Balaban J connectivity index is 2.54. The molecule has 2 aromatic rings. The summed E-state index contributed by atoms with van der Waals surface area (Å²) < 4.78 is 1.89. The van der Waals surface area contributed by atoms with Crippen molar-refractivity contribution in [1.29, 1.82) is 0 Å². The van der Waals surface area contributed by atoms with Crippen LogP contribution in [0.4, 0.5) is 11.8 Å². The van der Waals surface area contributed by atoms with Crippen LogP contribution < -0.4 is 11.2 Å². The van der Waals surface area contributed by atoms with Gasteiger partial charge in [0.25, 0.3) is 0 Å². The summed E-state index contributed by atoms with van der Waals surface area (Å²) in [4.78, 5) is 12.3. The predicted molar refractivity (Wildman–Crippen MR) is 54.2 cm³/mol. The maximum atomic E-state index is 5.56. The van der Waals surface area contributed by atoms with Crippen LogP contribution in [-0.2, 0) is 0 Å². The van der Waals surface area contributed by atoms with Gasteiger partial charge in [-0.15, -0.1) is 0 Å². The lowest BCUT2D eigenvalue weighted by Crippen LogP contribution is -2.16. The second-order valence-corrected chi connectivity index (χ2v) is 3.15. The second kappa shape index (κ2) is 2.22. The molecular weight excluding hydrogens is 180 g/mol. The summed E-state index contributed by atoms with van der Waals surface area (Å²) in [6.07, 6.45) is 1.58. The first-order valence-corrected chi connectivity index (χ1v) is 4.20. The van der Waals surface area contributed by atoms with E-state index in [0.717, 1.165) is 16.7 Å². The summed E-state index contributed by atoms with van der Waals surface area (Å²) in [5.41, 5.74) is 11.3. The molecule has 0 atom stereocenters. The van der Waals surface area contributed by atoms with Crippen LogP contribution in [0.3, 0.4) is 0 Å². The number of aromatic nitrogens is 3. The number of hydrogen-bond acceptors (Lipinski definition) is 5. The molecule has 1 aliphatic rings. The first-order chi connectivity index (χ1) is 6.75. The predicted octanol–water partition coefficient (Wildman–Crippen LogP) is 0.539. The van der Waals surface area contributed by atoms with Gasteiger partial charge >= 0.3 is 0 Å². The number of nitrogen functional groups attached to an aromatic ring is 1. The molecule has 0 unspecified atom stereocenters. The summed E-state index contributed by atoms with van der Waals surface area (Å²) in [7, 11) is 0. The number of rotatable bonds is 0. The van der Waals surface area contributed by atoms with Crippen LogP contribution in [-0.4, -0.2) is 21.0 Å². The minimum atomic E-state index is 0.253. The first-order valence-electron chi connectivity index (χ1n) is 4.20. The number of anilines is 1. The van der Waals surface area contributed by atoms with E-state index in [9.17, 15) is 0 Å². The summed E-state index contributed by atoms with van der Waals surface area (Å²) in [5, 5.41) is 0. The molecule has 0 amide bonds. The van der Waals surface area contributed by atoms with Crippen LogP contribution in [0.15, 0.2) is 11.1 Å². The fraction of sp³-hybridized carbons (Fsp3) is 0.125. The largest absolute Gasteiger partial charge is 0.368 e. The summed E-state index contributed by atoms with van der Waals surface area (Å²) in [5.74, 6) is 0.864. The van der Waals surface area contributed by atoms with E-state index in [1.807, 2.05) is 17.7 Å². The third-order valence-electron chi connectivity index (χ3n) is 2.21. The lowest BCUT2D eigenvalue weighted by atomic mass is 10.4. The van der Waals surface area contributed by atoms with Crippen molar-refractivity contribution in [2.75, 3.05) is 11.2 Å². The van der Waals surface area contributed by atoms with Crippen molar-refractivity contribution in [3.8, 4) is 0 Å². The van der Waals surface area contributed by atoms with E-state index >= 15 is 0 Å². The number of hydrogen-bond donors (Lipinski definition) is 2. The van der Waals surface area contributed by atoms with Crippen molar-refractivity contribution in [2.24, 2.45) is 4.99 Å². The van der Waals surface area contributed by atoms with Crippen LogP contribution in [0.5, 0.6) is 0 Å². The van der Waals surface area contributed by atoms with Gasteiger partial charge in [-0.3, -0.25) is 10.1 Å². The normalized spacial score (nSPS) is 13.2. The van der Waals surface area contributed by atoms with Gasteiger partial charge in [-0.1, -0.05) is 0 Å². The molecule has 0 spiro atoms. The molecule has 0 saturated heterocycles. The standard InChI is InChI=1S/C8H8N6/c1-4-2-5-6-7(13-8(9)12-5)10-3-11-14(4)6/h2-3H,1H3,(H3,9,10,11,12,13). The number of nitrogens with two attached hydrogens (primary N) is 1. The van der Waals surface area contributed by atoms with Crippen LogP contribution in [0.25, 0.3) is 11.0 Å². The molecule has 3 rings (SSSR count). The third kappa shape index (κ3) is 0.769. The molecule has 0 saturated carbocycles. The van der Waals surface area contributed by atoms with E-state index in [1.165, 1.54) is 0 Å². The Morgan fingerprint density at radius 1 is 1.43 bits per heavy atom. The minimum absolute atomic E-state index is 0.253. The van der Waals surface area contributed by atoms with Crippen molar-refractivity contribution in [3.05, 3.63) is 11.8 Å². The van der Waals surface area contributed by atoms with Gasteiger partial charge in [0.2, 0.25) is 5.95 Å². The molecule has 14 heavy (non-hydrogen) atoms. The number of aliphatic imine (C=N–C) groups is 1. The lowest BCUT2D eigenvalue weighted by molar-refractivity contribution is 0.964. The zero-order valence-electron chi connectivity index (χ0n) is 7.52. The summed E-state index contributed by atoms with van der Waals surface area (Å²) in [6.45, 7) is 1.98. The molecule has 1 aliphatic heterocycles. The van der Waals surface area contributed by atoms with Crippen molar-refractivity contribution >= 4 is 29.1 Å². The Hall–Kier alpha value is -2.11. The highest BCUT2D eigenvalue weighted by Crippen LogP contribution is 2.27. The topological polar surface area (TPSA) is 81.1 Å². The maximum absolute atomic E-state index is 5.56. The smallest absolute Gasteiger partial charge is 0.222 e. The quantitative estimate of drug-likeness (QED) is 0.632. The van der Waals surface area contributed by atoms with Crippen molar-refractivity contribution in [1.82, 2.24) is 14.6 Å². The van der Waals surface area contributed by atoms with Gasteiger partial charge in [0.05, 0.1) is 5.52 Å². The highest BCUT2D eigenvalue weighted by molar-refractivity contribution is 5.92. The van der Waals surface area contributed by atoms with E-state index in [4.69, 9.17) is 5.73 Å². The Morgan fingerprint density at radius 2 is 2.29 bits per heavy atom. The van der Waals surface area contributed by atoms with Crippen LogP contribution in [0.2, 0.25) is 0 Å². The molecule has 3 N–H and O–H groups in total. The molecule has 0 radical (unpaired) electrons. The fourth-order valence-corrected chi connectivity index (χ4v) is 1.64. The Kier molecular flexibility index (Phi) is 1.16. The third-order valence-corrected chi connectivity index (χ3v) is 2.21. The van der Waals surface area contributed by atoms with Gasteiger partial charge < -0.3 is 5.73 Å². The molecule has 2 aromatic heterocycles. The zero-order chi connectivity index (χ0) is 9.71. The lowest BCUT2D eigenvalue weighted by Gasteiger charge is -2.11. The van der Waals surface area contributed by atoms with Gasteiger partial charge in [0.15, 0.2) is 5.82 Å². The monoisotopic (exact) mass is 188 g/mol. The molecule has 3 heterocycles. The highest BCUT2D eigenvalue weighted by atomic mass is 15.4. The van der Waals surface area contributed by atoms with Gasteiger partial charge in [0, 0.05) is 5.69 Å². The summed E-state index contributed by atoms with van der Waals surface area (Å²) in [6, 6.07) is 1.94. The molecular formula is C8H8N6. The molecule has 6 heteroatoms. The average molecular weight is 188 g/mol. The van der Waals surface area contributed by atoms with Crippen molar-refractivity contribution in [2.45, 2.75) is 6.92 Å². The highest BCUT2D eigenvalue weighted by Gasteiger charge is 2.15. The molecule has 70 valence electrons. The maximum Gasteiger partial charge on any atom is 0.222 e. The molecule has 0 bridgehead atoms. The Morgan fingerprint density at radius 3 is 3.14 bits per heavy atom. The van der Waals surface area contributed by atoms with E-state index < -0.39 is 0 Å². The van der Waals surface area contributed by atoms with Gasteiger partial charge in [-0.25, -0.2) is 9.98 Å². The van der Waals surface area contributed by atoms with E-state index in [1.54, 1.807) is 6.34 Å². The van der Waals surface area contributed by atoms with Crippen LogP contribution >= 0.6 is 0 Å².